The molecule has 2 heterocycles. The van der Waals surface area contributed by atoms with Crippen LogP contribution in [0.2, 0.25) is 0 Å². The van der Waals surface area contributed by atoms with Gasteiger partial charge in [-0.15, -0.1) is 0 Å². The molecule has 2 aliphatic heterocycles. The van der Waals surface area contributed by atoms with Gasteiger partial charge in [0, 0.05) is 29.3 Å². The van der Waals surface area contributed by atoms with Crippen LogP contribution in [0.4, 0.5) is 0 Å². The molecule has 1 saturated carbocycles. The Morgan fingerprint density at radius 1 is 0.973 bits per heavy atom. The van der Waals surface area contributed by atoms with Crippen LogP contribution >= 0.6 is 0 Å². The van der Waals surface area contributed by atoms with Crippen LogP contribution in [0.1, 0.15) is 68.4 Å². The van der Waals surface area contributed by atoms with E-state index in [0.717, 1.165) is 54.0 Å². The summed E-state index contributed by atoms with van der Waals surface area (Å²) in [5, 5.41) is 3.44. The second kappa shape index (κ2) is 9.61. The van der Waals surface area contributed by atoms with Gasteiger partial charge in [-0.2, -0.15) is 0 Å². The molecule has 7 heteroatoms. The van der Waals surface area contributed by atoms with Crippen molar-refractivity contribution in [3.63, 3.8) is 0 Å². The molecular formula is C30H31NO6. The molecule has 0 aromatic heterocycles. The van der Waals surface area contributed by atoms with Crippen LogP contribution in [0.3, 0.4) is 0 Å². The molecule has 0 saturated heterocycles. The zero-order chi connectivity index (χ0) is 25.5. The molecule has 0 bridgehead atoms. The summed E-state index contributed by atoms with van der Waals surface area (Å²) in [4.78, 5) is 27.4. The lowest BCUT2D eigenvalue weighted by Crippen LogP contribution is -2.36. The predicted octanol–water partition coefficient (Wildman–Crippen LogP) is 5.27. The predicted molar refractivity (Wildman–Crippen MR) is 136 cm³/mol. The number of ether oxygens (including phenoxy) is 4. The summed E-state index contributed by atoms with van der Waals surface area (Å²) in [6.07, 6.45) is 4.89. The first-order valence-corrected chi connectivity index (χ1v) is 13.0. The number of benzene rings is 2. The molecule has 192 valence electrons. The van der Waals surface area contributed by atoms with Crippen molar-refractivity contribution in [3.05, 3.63) is 76.1 Å². The van der Waals surface area contributed by atoms with Crippen LogP contribution < -0.4 is 19.5 Å². The first kappa shape index (κ1) is 23.6. The molecule has 4 aliphatic rings. The number of rotatable bonds is 5. The van der Waals surface area contributed by atoms with Crippen LogP contribution in [0.25, 0.3) is 0 Å². The van der Waals surface area contributed by atoms with E-state index in [2.05, 4.69) is 5.32 Å². The summed E-state index contributed by atoms with van der Waals surface area (Å²) in [6, 6.07) is 13.6. The van der Waals surface area contributed by atoms with Crippen molar-refractivity contribution in [2.24, 2.45) is 0 Å². The molecule has 0 unspecified atom stereocenters. The van der Waals surface area contributed by atoms with Crippen LogP contribution in [-0.2, 0) is 14.3 Å². The minimum atomic E-state index is -0.524. The van der Waals surface area contributed by atoms with E-state index >= 15 is 0 Å². The van der Waals surface area contributed by atoms with E-state index in [1.165, 1.54) is 0 Å². The quantitative estimate of drug-likeness (QED) is 0.559. The average Bonchev–Trinajstić information content (AvgIpc) is 3.59. The summed E-state index contributed by atoms with van der Waals surface area (Å²) in [7, 11) is 1.64. The Bertz CT molecular complexity index is 1300. The Kier molecular flexibility index (Phi) is 6.14. The Morgan fingerprint density at radius 3 is 2.46 bits per heavy atom. The van der Waals surface area contributed by atoms with E-state index in [1.54, 1.807) is 7.11 Å². The first-order chi connectivity index (χ1) is 18.0. The third kappa shape index (κ3) is 4.37. The van der Waals surface area contributed by atoms with Crippen molar-refractivity contribution in [2.45, 2.75) is 63.4 Å². The summed E-state index contributed by atoms with van der Waals surface area (Å²) in [5.74, 6) is 1.28. The van der Waals surface area contributed by atoms with Crippen molar-refractivity contribution in [1.82, 2.24) is 5.32 Å². The number of Topliss-reactive ketones (excluding diaryl/α,β-unsaturated/α-hetero) is 1. The van der Waals surface area contributed by atoms with Gasteiger partial charge in [-0.05, 0) is 80.3 Å². The third-order valence-corrected chi connectivity index (χ3v) is 7.94. The van der Waals surface area contributed by atoms with Gasteiger partial charge >= 0.3 is 5.97 Å². The molecule has 2 aromatic carbocycles. The molecule has 6 rings (SSSR count). The van der Waals surface area contributed by atoms with Gasteiger partial charge in [-0.1, -0.05) is 18.2 Å². The van der Waals surface area contributed by atoms with E-state index in [1.807, 2.05) is 49.4 Å². The van der Waals surface area contributed by atoms with E-state index in [-0.39, 0.29) is 30.6 Å². The van der Waals surface area contributed by atoms with E-state index in [9.17, 15) is 9.59 Å². The maximum atomic E-state index is 13.8. The van der Waals surface area contributed by atoms with Gasteiger partial charge in [0.15, 0.2) is 17.3 Å². The third-order valence-electron chi connectivity index (χ3n) is 7.94. The zero-order valence-corrected chi connectivity index (χ0v) is 21.2. The van der Waals surface area contributed by atoms with E-state index in [0.29, 0.717) is 35.5 Å². The van der Waals surface area contributed by atoms with Crippen LogP contribution in [0, 0.1) is 0 Å². The fourth-order valence-corrected chi connectivity index (χ4v) is 6.07. The number of methoxy groups -OCH3 is 1. The number of nitrogens with one attached hydrogen (secondary N) is 1. The highest BCUT2D eigenvalue weighted by Gasteiger charge is 2.42. The molecule has 1 fully saturated rings. The summed E-state index contributed by atoms with van der Waals surface area (Å²) in [6.45, 7) is 2.06. The van der Waals surface area contributed by atoms with Gasteiger partial charge in [-0.25, -0.2) is 4.79 Å². The number of allylic oxidation sites excluding steroid dienone is 3. The van der Waals surface area contributed by atoms with E-state index in [4.69, 9.17) is 18.9 Å². The highest BCUT2D eigenvalue weighted by molar-refractivity contribution is 6.04. The number of carbonyl (C=O) groups is 2. The van der Waals surface area contributed by atoms with Gasteiger partial charge in [0.2, 0.25) is 6.79 Å². The molecule has 1 N–H and O–H groups in total. The second-order valence-electron chi connectivity index (χ2n) is 10.2. The van der Waals surface area contributed by atoms with Gasteiger partial charge < -0.3 is 24.3 Å². The Hall–Kier alpha value is -3.74. The maximum absolute atomic E-state index is 13.8. The van der Waals surface area contributed by atoms with E-state index < -0.39 is 5.92 Å². The molecule has 2 atom stereocenters. The number of esters is 1. The number of hydrogen-bond donors (Lipinski definition) is 1. The zero-order valence-electron chi connectivity index (χ0n) is 21.2. The summed E-state index contributed by atoms with van der Waals surface area (Å²) < 4.78 is 22.4. The molecule has 37 heavy (non-hydrogen) atoms. The molecule has 0 spiro atoms. The van der Waals surface area contributed by atoms with Crippen molar-refractivity contribution in [3.8, 4) is 17.2 Å². The molecule has 0 amide bonds. The fraction of sp³-hybridized carbons (Fsp3) is 0.400. The largest absolute Gasteiger partial charge is 0.497 e. The number of ketones is 1. The molecular weight excluding hydrogens is 470 g/mol. The SMILES string of the molecule is COc1ccc([C@@H]2CC(=O)C3=C(C2)NC(C)=C(C(=O)OC2CCCC2)[C@@H]3c2ccc3c(c2)OCO3)cc1. The Morgan fingerprint density at radius 2 is 1.70 bits per heavy atom. The second-order valence-corrected chi connectivity index (χ2v) is 10.2. The minimum absolute atomic E-state index is 0.0379. The van der Waals surface area contributed by atoms with Gasteiger partial charge in [0.25, 0.3) is 0 Å². The van der Waals surface area contributed by atoms with Crippen LogP contribution in [-0.4, -0.2) is 31.8 Å². The maximum Gasteiger partial charge on any atom is 0.337 e. The highest BCUT2D eigenvalue weighted by Crippen LogP contribution is 2.47. The standard InChI is InChI=1S/C30H31NO6/c1-17-27(30(33)37-22-5-3-4-6-22)28(19-9-12-25-26(15-19)36-16-35-25)29-23(31-17)13-20(14-24(29)32)18-7-10-21(34-2)11-8-18/h7-12,15,20,22,28,31H,3-6,13-14,16H2,1-2H3/t20-,28-/m0/s1. The first-order valence-electron chi connectivity index (χ1n) is 13.0. The molecule has 7 nitrogen and oxygen atoms in total. The topological polar surface area (TPSA) is 83.1 Å². The monoisotopic (exact) mass is 501 g/mol. The van der Waals surface area contributed by atoms with Crippen LogP contribution in [0.15, 0.2) is 65.0 Å². The smallest absolute Gasteiger partial charge is 0.337 e. The van der Waals surface area contributed by atoms with Crippen LogP contribution in [0.5, 0.6) is 17.2 Å². The number of dihydropyridines is 1. The Labute approximate surface area is 216 Å². The van der Waals surface area contributed by atoms with Gasteiger partial charge in [0.1, 0.15) is 11.9 Å². The highest BCUT2D eigenvalue weighted by atomic mass is 16.7. The minimum Gasteiger partial charge on any atom is -0.497 e. The number of fused-ring (bicyclic) bond motifs is 1. The number of hydrogen-bond acceptors (Lipinski definition) is 7. The van der Waals surface area contributed by atoms with Gasteiger partial charge in [-0.3, -0.25) is 4.79 Å². The van der Waals surface area contributed by atoms with Gasteiger partial charge in [0.05, 0.1) is 12.7 Å². The summed E-state index contributed by atoms with van der Waals surface area (Å²) in [5.41, 5.74) is 4.66. The summed E-state index contributed by atoms with van der Waals surface area (Å²) >= 11 is 0. The average molecular weight is 502 g/mol. The lowest BCUT2D eigenvalue weighted by Gasteiger charge is -2.37. The van der Waals surface area contributed by atoms with Crippen molar-refractivity contribution >= 4 is 11.8 Å². The fourth-order valence-electron chi connectivity index (χ4n) is 6.07. The lowest BCUT2D eigenvalue weighted by atomic mass is 9.71. The Balaban J connectivity index is 1.38. The van der Waals surface area contributed by atoms with Crippen molar-refractivity contribution < 1.29 is 28.5 Å². The molecule has 2 aliphatic carbocycles. The van der Waals surface area contributed by atoms with Crippen molar-refractivity contribution in [2.75, 3.05) is 13.9 Å². The normalized spacial score (nSPS) is 23.1. The number of carbonyl (C=O) groups excluding carboxylic acids is 2. The lowest BCUT2D eigenvalue weighted by molar-refractivity contribution is -0.144. The molecule has 2 aromatic rings. The van der Waals surface area contributed by atoms with Crippen molar-refractivity contribution in [1.29, 1.82) is 0 Å². The molecule has 0 radical (unpaired) electrons.